The van der Waals surface area contributed by atoms with Gasteiger partial charge in [-0.2, -0.15) is 0 Å². The fourth-order valence-electron chi connectivity index (χ4n) is 3.13. The van der Waals surface area contributed by atoms with Crippen molar-refractivity contribution in [3.05, 3.63) is 59.2 Å². The molecule has 0 aliphatic carbocycles. The zero-order chi connectivity index (χ0) is 16.9. The molecular weight excluding hydrogens is 304 g/mol. The molecule has 0 saturated carbocycles. The van der Waals surface area contributed by atoms with Crippen LogP contribution in [0, 0.1) is 0 Å². The second kappa shape index (κ2) is 7.36. The van der Waals surface area contributed by atoms with E-state index in [1.54, 1.807) is 24.7 Å². The minimum Gasteiger partial charge on any atom is -0.497 e. The summed E-state index contributed by atoms with van der Waals surface area (Å²) in [4.78, 5) is 13.8. The number of rotatable bonds is 4. The van der Waals surface area contributed by atoms with E-state index in [0.717, 1.165) is 37.2 Å². The van der Waals surface area contributed by atoms with E-state index in [9.17, 15) is 4.79 Å². The van der Waals surface area contributed by atoms with E-state index in [-0.39, 0.29) is 0 Å². The molecular formula is C19H22N2O3. The van der Waals surface area contributed by atoms with Crippen LogP contribution in [0.3, 0.4) is 0 Å². The Morgan fingerprint density at radius 2 is 2.00 bits per heavy atom. The summed E-state index contributed by atoms with van der Waals surface area (Å²) in [7, 11) is 1.69. The standard InChI is InChI=1S/C19H22N2O3/c1-24-17-10-9-15-4-2-3-11-21(18(15)12-17)13-14-5-7-16(8-6-14)19(22)20-23/h5-10,12,23H,2-4,11,13H2,1H3,(H,20,22). The number of ether oxygens (including phenoxy) is 1. The minimum absolute atomic E-state index is 0.444. The van der Waals surface area contributed by atoms with Crippen molar-refractivity contribution in [3.8, 4) is 5.75 Å². The van der Waals surface area contributed by atoms with Gasteiger partial charge in [0.05, 0.1) is 7.11 Å². The predicted molar refractivity (Wildman–Crippen MR) is 92.7 cm³/mol. The number of hydrogen-bond acceptors (Lipinski definition) is 4. The number of anilines is 1. The number of nitrogens with zero attached hydrogens (tertiary/aromatic N) is 1. The van der Waals surface area contributed by atoms with Crippen molar-refractivity contribution in [1.82, 2.24) is 5.48 Å². The molecule has 0 spiro atoms. The van der Waals surface area contributed by atoms with Crippen molar-refractivity contribution in [1.29, 1.82) is 0 Å². The number of amides is 1. The molecule has 0 saturated heterocycles. The van der Waals surface area contributed by atoms with Crippen molar-refractivity contribution < 1.29 is 14.7 Å². The number of hydroxylamine groups is 1. The second-order valence-electron chi connectivity index (χ2n) is 6.01. The van der Waals surface area contributed by atoms with Gasteiger partial charge in [-0.3, -0.25) is 10.0 Å². The van der Waals surface area contributed by atoms with Gasteiger partial charge in [0.25, 0.3) is 5.91 Å². The number of aryl methyl sites for hydroxylation is 1. The van der Waals surface area contributed by atoms with Gasteiger partial charge in [0.1, 0.15) is 5.75 Å². The van der Waals surface area contributed by atoms with Crippen LogP contribution in [0.15, 0.2) is 42.5 Å². The fraction of sp³-hybridized carbons (Fsp3) is 0.316. The molecule has 0 radical (unpaired) electrons. The van der Waals surface area contributed by atoms with Crippen molar-refractivity contribution in [3.63, 3.8) is 0 Å². The molecule has 1 aliphatic heterocycles. The van der Waals surface area contributed by atoms with Crippen LogP contribution in [0.4, 0.5) is 5.69 Å². The molecule has 0 aromatic heterocycles. The van der Waals surface area contributed by atoms with Crippen molar-refractivity contribution in [2.45, 2.75) is 25.8 Å². The van der Waals surface area contributed by atoms with E-state index in [2.05, 4.69) is 17.0 Å². The monoisotopic (exact) mass is 326 g/mol. The Balaban J connectivity index is 1.83. The molecule has 0 bridgehead atoms. The van der Waals surface area contributed by atoms with Gasteiger partial charge in [0.2, 0.25) is 0 Å². The Bertz CT molecular complexity index is 713. The molecule has 1 amide bonds. The van der Waals surface area contributed by atoms with Crippen LogP contribution in [-0.4, -0.2) is 24.8 Å². The van der Waals surface area contributed by atoms with Crippen LogP contribution >= 0.6 is 0 Å². The smallest absolute Gasteiger partial charge is 0.274 e. The number of methoxy groups -OCH3 is 1. The maximum absolute atomic E-state index is 11.4. The molecule has 24 heavy (non-hydrogen) atoms. The van der Waals surface area contributed by atoms with E-state index in [4.69, 9.17) is 9.94 Å². The Labute approximate surface area is 141 Å². The number of hydrogen-bond donors (Lipinski definition) is 2. The first-order chi connectivity index (χ1) is 11.7. The van der Waals surface area contributed by atoms with E-state index in [0.29, 0.717) is 5.56 Å². The van der Waals surface area contributed by atoms with E-state index in [1.165, 1.54) is 17.7 Å². The molecule has 3 rings (SSSR count). The van der Waals surface area contributed by atoms with E-state index < -0.39 is 5.91 Å². The molecule has 0 unspecified atom stereocenters. The fourth-order valence-corrected chi connectivity index (χ4v) is 3.13. The van der Waals surface area contributed by atoms with E-state index >= 15 is 0 Å². The van der Waals surface area contributed by atoms with Crippen molar-refractivity contribution >= 4 is 11.6 Å². The third kappa shape index (κ3) is 3.51. The van der Waals surface area contributed by atoms with Crippen LogP contribution in [-0.2, 0) is 13.0 Å². The lowest BCUT2D eigenvalue weighted by molar-refractivity contribution is 0.0706. The van der Waals surface area contributed by atoms with Gasteiger partial charge in [-0.15, -0.1) is 0 Å². The van der Waals surface area contributed by atoms with Gasteiger partial charge in [0, 0.05) is 30.4 Å². The molecule has 5 nitrogen and oxygen atoms in total. The third-order valence-electron chi connectivity index (χ3n) is 4.45. The lowest BCUT2D eigenvalue weighted by Crippen LogP contribution is -2.24. The summed E-state index contributed by atoms with van der Waals surface area (Å²) in [6.07, 6.45) is 3.43. The maximum atomic E-state index is 11.4. The van der Waals surface area contributed by atoms with Crippen LogP contribution in [0.25, 0.3) is 0 Å². The highest BCUT2D eigenvalue weighted by molar-refractivity contribution is 5.93. The van der Waals surface area contributed by atoms with Crippen LogP contribution in [0.2, 0.25) is 0 Å². The van der Waals surface area contributed by atoms with Gasteiger partial charge >= 0.3 is 0 Å². The third-order valence-corrected chi connectivity index (χ3v) is 4.45. The zero-order valence-electron chi connectivity index (χ0n) is 13.8. The largest absolute Gasteiger partial charge is 0.497 e. The summed E-state index contributed by atoms with van der Waals surface area (Å²) in [6, 6.07) is 13.6. The summed E-state index contributed by atoms with van der Waals surface area (Å²) in [5.74, 6) is 0.377. The van der Waals surface area contributed by atoms with E-state index in [1.807, 2.05) is 18.2 Å². The highest BCUT2D eigenvalue weighted by Gasteiger charge is 2.16. The number of carbonyl (C=O) groups is 1. The predicted octanol–water partition coefficient (Wildman–Crippen LogP) is 3.16. The molecule has 0 fully saturated rings. The van der Waals surface area contributed by atoms with Crippen molar-refractivity contribution in [2.75, 3.05) is 18.6 Å². The van der Waals surface area contributed by atoms with Crippen LogP contribution in [0.1, 0.15) is 34.3 Å². The number of carbonyl (C=O) groups excluding carboxylic acids is 1. The molecule has 1 heterocycles. The summed E-state index contributed by atoms with van der Waals surface area (Å²) >= 11 is 0. The number of benzene rings is 2. The summed E-state index contributed by atoms with van der Waals surface area (Å²) < 4.78 is 5.38. The van der Waals surface area contributed by atoms with Crippen molar-refractivity contribution in [2.24, 2.45) is 0 Å². The van der Waals surface area contributed by atoms with Gasteiger partial charge in [-0.05, 0) is 48.6 Å². The zero-order valence-corrected chi connectivity index (χ0v) is 13.8. The highest BCUT2D eigenvalue weighted by atomic mass is 16.5. The van der Waals surface area contributed by atoms with Crippen LogP contribution < -0.4 is 15.1 Å². The summed E-state index contributed by atoms with van der Waals surface area (Å²) in [5, 5.41) is 8.69. The first-order valence-electron chi connectivity index (χ1n) is 8.16. The highest BCUT2D eigenvalue weighted by Crippen LogP contribution is 2.31. The minimum atomic E-state index is -0.494. The lowest BCUT2D eigenvalue weighted by Gasteiger charge is -2.25. The number of nitrogens with one attached hydrogen (secondary N) is 1. The quantitative estimate of drug-likeness (QED) is 0.669. The lowest BCUT2D eigenvalue weighted by atomic mass is 10.1. The average Bonchev–Trinajstić information content (AvgIpc) is 2.83. The molecule has 2 N–H and O–H groups in total. The Morgan fingerprint density at radius 1 is 1.21 bits per heavy atom. The summed E-state index contributed by atoms with van der Waals surface area (Å²) in [5.41, 5.74) is 5.80. The summed E-state index contributed by atoms with van der Waals surface area (Å²) in [6.45, 7) is 1.78. The molecule has 126 valence electrons. The molecule has 5 heteroatoms. The maximum Gasteiger partial charge on any atom is 0.274 e. The normalized spacial score (nSPS) is 13.8. The number of fused-ring (bicyclic) bond motifs is 1. The Morgan fingerprint density at radius 3 is 2.71 bits per heavy atom. The van der Waals surface area contributed by atoms with Gasteiger partial charge in [-0.25, -0.2) is 5.48 Å². The van der Waals surface area contributed by atoms with Gasteiger partial charge < -0.3 is 9.64 Å². The molecule has 0 atom stereocenters. The van der Waals surface area contributed by atoms with Crippen LogP contribution in [0.5, 0.6) is 5.75 Å². The Hall–Kier alpha value is -2.53. The Kier molecular flexibility index (Phi) is 5.01. The average molecular weight is 326 g/mol. The molecule has 1 aliphatic rings. The topological polar surface area (TPSA) is 61.8 Å². The van der Waals surface area contributed by atoms with Gasteiger partial charge in [-0.1, -0.05) is 18.2 Å². The van der Waals surface area contributed by atoms with Gasteiger partial charge in [0.15, 0.2) is 0 Å². The second-order valence-corrected chi connectivity index (χ2v) is 6.01. The molecule has 2 aromatic rings. The molecule has 2 aromatic carbocycles. The SMILES string of the molecule is COc1ccc2c(c1)N(Cc1ccc(C(=O)NO)cc1)CCCC2. The first kappa shape index (κ1) is 16.3. The first-order valence-corrected chi connectivity index (χ1v) is 8.16.